The zero-order valence-corrected chi connectivity index (χ0v) is 24.2. The summed E-state index contributed by atoms with van der Waals surface area (Å²) in [4.78, 5) is 57.7. The summed E-state index contributed by atoms with van der Waals surface area (Å²) in [6.45, 7) is 11.3. The smallest absolute Gasteiger partial charge is 0.325 e. The molecule has 0 unspecified atom stereocenters. The van der Waals surface area contributed by atoms with Crippen molar-refractivity contribution in [3.63, 3.8) is 0 Å². The fourth-order valence-corrected chi connectivity index (χ4v) is 5.02. The second-order valence-electron chi connectivity index (χ2n) is 11.8. The molecule has 9 heteroatoms. The lowest BCUT2D eigenvalue weighted by Gasteiger charge is -2.35. The standard InChI is InChI=1S/C31H40N4O5/c1-18(2)23-17-27(36)31(5,6)14-13-21-9-10-22-11-12-24(33-26(22)16-21)20(4)40-30(39)25-8-7-15-35(34-25)29(38)19(3)32-28(23)37/h9-14,16,18-20,23,25,34H,7-8,15,17H2,1-6H3,(H,32,37)/b14-13+/t19-,20+,23-,25-/m0/s1. The summed E-state index contributed by atoms with van der Waals surface area (Å²) in [7, 11) is 0. The number of ether oxygens (including phenoxy) is 1. The number of ketones is 1. The number of amides is 2. The fraction of sp³-hybridized carbons (Fsp3) is 0.516. The minimum atomic E-state index is -0.839. The fourth-order valence-electron chi connectivity index (χ4n) is 5.02. The molecule has 4 rings (SSSR count). The first kappa shape index (κ1) is 29.4. The van der Waals surface area contributed by atoms with Gasteiger partial charge in [-0.15, -0.1) is 0 Å². The van der Waals surface area contributed by atoms with Crippen LogP contribution in [0.3, 0.4) is 0 Å². The molecule has 2 aliphatic rings. The Kier molecular flexibility index (Phi) is 8.73. The molecule has 5 bridgehead atoms. The molecule has 0 radical (unpaired) electrons. The highest BCUT2D eigenvalue weighted by Crippen LogP contribution is 2.28. The van der Waals surface area contributed by atoms with Crippen molar-refractivity contribution in [3.05, 3.63) is 47.7 Å². The van der Waals surface area contributed by atoms with Gasteiger partial charge in [0, 0.05) is 29.7 Å². The van der Waals surface area contributed by atoms with Gasteiger partial charge < -0.3 is 10.1 Å². The van der Waals surface area contributed by atoms with Crippen LogP contribution in [-0.4, -0.2) is 52.2 Å². The van der Waals surface area contributed by atoms with Crippen LogP contribution in [0.2, 0.25) is 0 Å². The zero-order chi connectivity index (χ0) is 29.2. The van der Waals surface area contributed by atoms with Gasteiger partial charge in [0.05, 0.1) is 11.2 Å². The van der Waals surface area contributed by atoms with Crippen LogP contribution in [0.4, 0.5) is 0 Å². The lowest BCUT2D eigenvalue weighted by Crippen LogP contribution is -2.59. The van der Waals surface area contributed by atoms with Crippen LogP contribution >= 0.6 is 0 Å². The molecular weight excluding hydrogens is 508 g/mol. The van der Waals surface area contributed by atoms with E-state index < -0.39 is 35.5 Å². The number of esters is 1. The van der Waals surface area contributed by atoms with E-state index in [9.17, 15) is 19.2 Å². The molecule has 4 atom stereocenters. The van der Waals surface area contributed by atoms with Crippen molar-refractivity contribution < 1.29 is 23.9 Å². The molecule has 214 valence electrons. The SMILES string of the molecule is CC(C)[C@@H]1CC(=O)C(C)(C)/C=C/c2ccc3ccc(nc3c2)[C@@H](C)OC(=O)[C@@H]2CCCN(N2)C(=O)[C@H](C)NC1=O. The van der Waals surface area contributed by atoms with Crippen LogP contribution in [0.1, 0.15) is 78.2 Å². The maximum Gasteiger partial charge on any atom is 0.325 e. The Hall–Kier alpha value is -3.59. The van der Waals surface area contributed by atoms with E-state index in [2.05, 4.69) is 10.7 Å². The second kappa shape index (κ2) is 11.9. The number of nitrogens with one attached hydrogen (secondary N) is 2. The summed E-state index contributed by atoms with van der Waals surface area (Å²) < 4.78 is 5.76. The molecule has 1 aromatic carbocycles. The van der Waals surface area contributed by atoms with E-state index in [4.69, 9.17) is 9.72 Å². The molecule has 1 aromatic heterocycles. The Labute approximate surface area is 235 Å². The molecule has 0 saturated carbocycles. The molecule has 1 fully saturated rings. The molecule has 1 saturated heterocycles. The van der Waals surface area contributed by atoms with Gasteiger partial charge in [-0.1, -0.05) is 44.2 Å². The van der Waals surface area contributed by atoms with Crippen LogP contribution < -0.4 is 10.7 Å². The number of allylic oxidation sites excluding steroid dienone is 1. The molecule has 3 heterocycles. The van der Waals surface area contributed by atoms with Crippen LogP contribution in [0.25, 0.3) is 17.0 Å². The van der Waals surface area contributed by atoms with Crippen molar-refractivity contribution in [2.75, 3.05) is 6.54 Å². The second-order valence-corrected chi connectivity index (χ2v) is 11.8. The summed E-state index contributed by atoms with van der Waals surface area (Å²) in [5, 5.41) is 5.13. The topological polar surface area (TPSA) is 118 Å². The molecule has 2 N–H and O–H groups in total. The first-order chi connectivity index (χ1) is 18.9. The van der Waals surface area contributed by atoms with Gasteiger partial charge in [-0.3, -0.25) is 24.2 Å². The Morgan fingerprint density at radius 2 is 1.80 bits per heavy atom. The van der Waals surface area contributed by atoms with E-state index in [1.54, 1.807) is 13.8 Å². The zero-order valence-electron chi connectivity index (χ0n) is 24.2. The number of hydrogen-bond acceptors (Lipinski definition) is 7. The monoisotopic (exact) mass is 548 g/mol. The third-order valence-corrected chi connectivity index (χ3v) is 7.87. The lowest BCUT2D eigenvalue weighted by atomic mass is 9.79. The van der Waals surface area contributed by atoms with Crippen LogP contribution in [0.5, 0.6) is 0 Å². The van der Waals surface area contributed by atoms with Crippen LogP contribution in [-0.2, 0) is 23.9 Å². The predicted molar refractivity (Wildman–Crippen MR) is 152 cm³/mol. The van der Waals surface area contributed by atoms with Gasteiger partial charge in [0.25, 0.3) is 5.91 Å². The van der Waals surface area contributed by atoms with E-state index in [0.717, 1.165) is 16.5 Å². The van der Waals surface area contributed by atoms with Gasteiger partial charge in [-0.05, 0) is 64.2 Å². The van der Waals surface area contributed by atoms with Gasteiger partial charge in [0.2, 0.25) is 5.91 Å². The highest BCUT2D eigenvalue weighted by molar-refractivity contribution is 5.93. The normalized spacial score (nSPS) is 27.4. The molecule has 9 nitrogen and oxygen atoms in total. The van der Waals surface area contributed by atoms with E-state index in [-0.39, 0.29) is 29.9 Å². The minimum Gasteiger partial charge on any atom is -0.455 e. The molecule has 40 heavy (non-hydrogen) atoms. The van der Waals surface area contributed by atoms with Crippen molar-refractivity contribution in [2.45, 2.75) is 79.0 Å². The summed E-state index contributed by atoms with van der Waals surface area (Å²) in [5.74, 6) is -1.92. The van der Waals surface area contributed by atoms with E-state index in [1.165, 1.54) is 5.01 Å². The highest BCUT2D eigenvalue weighted by Gasteiger charge is 2.35. The van der Waals surface area contributed by atoms with Crippen LogP contribution in [0.15, 0.2) is 36.4 Å². The van der Waals surface area contributed by atoms with Crippen molar-refractivity contribution in [1.29, 1.82) is 0 Å². The number of Topliss-reactive ketones (excluding diaryl/α,β-unsaturated/α-hetero) is 1. The third-order valence-electron chi connectivity index (χ3n) is 7.87. The number of cyclic esters (lactones) is 1. The number of fused-ring (bicyclic) bond motifs is 4. The first-order valence-corrected chi connectivity index (χ1v) is 14.1. The minimum absolute atomic E-state index is 0.0537. The summed E-state index contributed by atoms with van der Waals surface area (Å²) in [6, 6.07) is 8.10. The van der Waals surface area contributed by atoms with E-state index >= 15 is 0 Å². The quantitative estimate of drug-likeness (QED) is 0.515. The predicted octanol–water partition coefficient (Wildman–Crippen LogP) is 4.12. The largest absolute Gasteiger partial charge is 0.455 e. The van der Waals surface area contributed by atoms with Crippen molar-refractivity contribution >= 4 is 40.5 Å². The highest BCUT2D eigenvalue weighted by atomic mass is 16.5. The number of carbonyl (C=O) groups excluding carboxylic acids is 4. The summed E-state index contributed by atoms with van der Waals surface area (Å²) in [5.41, 5.74) is 4.42. The van der Waals surface area contributed by atoms with Gasteiger partial charge in [-0.25, -0.2) is 10.4 Å². The first-order valence-electron chi connectivity index (χ1n) is 14.1. The Balaban J connectivity index is 1.70. The van der Waals surface area contributed by atoms with Gasteiger partial charge >= 0.3 is 5.97 Å². The van der Waals surface area contributed by atoms with Crippen molar-refractivity contribution in [1.82, 2.24) is 20.7 Å². The van der Waals surface area contributed by atoms with Gasteiger partial charge in [-0.2, -0.15) is 0 Å². The van der Waals surface area contributed by atoms with Crippen molar-refractivity contribution in [3.8, 4) is 0 Å². The number of carbonyl (C=O) groups is 4. The Bertz CT molecular complexity index is 1330. The number of nitrogens with zero attached hydrogens (tertiary/aromatic N) is 2. The van der Waals surface area contributed by atoms with Gasteiger partial charge in [0.15, 0.2) is 0 Å². The molecule has 0 spiro atoms. The number of pyridine rings is 1. The molecule has 2 aromatic rings. The van der Waals surface area contributed by atoms with Crippen molar-refractivity contribution in [2.24, 2.45) is 17.3 Å². The summed E-state index contributed by atoms with van der Waals surface area (Å²) >= 11 is 0. The Morgan fingerprint density at radius 1 is 1.07 bits per heavy atom. The average Bonchev–Trinajstić information content (AvgIpc) is 2.92. The maximum atomic E-state index is 13.4. The number of hydrazine groups is 1. The number of aromatic nitrogens is 1. The number of hydrogen-bond donors (Lipinski definition) is 2. The van der Waals surface area contributed by atoms with Gasteiger partial charge in [0.1, 0.15) is 24.0 Å². The number of rotatable bonds is 1. The molecular formula is C31H40N4O5. The number of benzene rings is 1. The summed E-state index contributed by atoms with van der Waals surface area (Å²) in [6.07, 6.45) is 4.33. The average molecular weight is 549 g/mol. The molecule has 0 aliphatic carbocycles. The Morgan fingerprint density at radius 3 is 2.52 bits per heavy atom. The van der Waals surface area contributed by atoms with E-state index in [0.29, 0.717) is 25.1 Å². The van der Waals surface area contributed by atoms with E-state index in [1.807, 2.05) is 70.2 Å². The third kappa shape index (κ3) is 6.58. The molecule has 2 amide bonds. The maximum absolute atomic E-state index is 13.4. The lowest BCUT2D eigenvalue weighted by molar-refractivity contribution is -0.157. The van der Waals surface area contributed by atoms with Crippen LogP contribution in [0, 0.1) is 17.3 Å². The molecule has 2 aliphatic heterocycles.